The summed E-state index contributed by atoms with van der Waals surface area (Å²) in [4.78, 5) is 3.77. The summed E-state index contributed by atoms with van der Waals surface area (Å²) in [7, 11) is 0. The van der Waals surface area contributed by atoms with Crippen LogP contribution in [0.25, 0.3) is 0 Å². The van der Waals surface area contributed by atoms with Gasteiger partial charge in [0.1, 0.15) is 29.9 Å². The van der Waals surface area contributed by atoms with Crippen molar-refractivity contribution in [2.24, 2.45) is 5.92 Å². The molecule has 0 saturated heterocycles. The Bertz CT molecular complexity index is 604. The van der Waals surface area contributed by atoms with E-state index in [1.807, 2.05) is 0 Å². The summed E-state index contributed by atoms with van der Waals surface area (Å²) < 4.78 is 28.5. The van der Waals surface area contributed by atoms with E-state index in [0.29, 0.717) is 6.07 Å². The van der Waals surface area contributed by atoms with Crippen LogP contribution in [0.15, 0.2) is 30.9 Å². The summed E-state index contributed by atoms with van der Waals surface area (Å²) >= 11 is 0. The van der Waals surface area contributed by atoms with Crippen LogP contribution < -0.4 is 0 Å². The molecule has 7 heteroatoms. The highest BCUT2D eigenvalue weighted by Crippen LogP contribution is 2.35. The second-order valence-corrected chi connectivity index (χ2v) is 5.17. The van der Waals surface area contributed by atoms with E-state index in [0.717, 1.165) is 6.07 Å². The summed E-state index contributed by atoms with van der Waals surface area (Å²) in [6.07, 6.45) is 1.76. The first-order valence-electron chi connectivity index (χ1n) is 6.53. The lowest BCUT2D eigenvalue weighted by Gasteiger charge is -2.36. The van der Waals surface area contributed by atoms with E-state index in [1.54, 1.807) is 6.92 Å². The van der Waals surface area contributed by atoms with Crippen LogP contribution in [0.2, 0.25) is 0 Å². The molecule has 1 aromatic heterocycles. The molecule has 21 heavy (non-hydrogen) atoms. The van der Waals surface area contributed by atoms with Crippen molar-refractivity contribution in [1.29, 1.82) is 0 Å². The third-order valence-corrected chi connectivity index (χ3v) is 3.74. The van der Waals surface area contributed by atoms with Gasteiger partial charge >= 0.3 is 0 Å². The van der Waals surface area contributed by atoms with Gasteiger partial charge < -0.3 is 10.2 Å². The van der Waals surface area contributed by atoms with Gasteiger partial charge in [-0.05, 0) is 13.0 Å². The molecule has 0 radical (unpaired) electrons. The first kappa shape index (κ1) is 15.5. The number of benzene rings is 1. The molecule has 0 fully saturated rings. The van der Waals surface area contributed by atoms with E-state index in [-0.39, 0.29) is 12.1 Å². The number of rotatable bonds is 5. The van der Waals surface area contributed by atoms with Crippen LogP contribution in [-0.4, -0.2) is 31.1 Å². The first-order valence-corrected chi connectivity index (χ1v) is 6.53. The van der Waals surface area contributed by atoms with E-state index < -0.39 is 29.3 Å². The molecule has 1 heterocycles. The van der Waals surface area contributed by atoms with Gasteiger partial charge in [0.05, 0.1) is 12.6 Å². The average molecular weight is 297 g/mol. The van der Waals surface area contributed by atoms with Crippen LogP contribution in [0.5, 0.6) is 0 Å². The summed E-state index contributed by atoms with van der Waals surface area (Å²) in [6, 6.07) is 2.95. The zero-order valence-corrected chi connectivity index (χ0v) is 11.7. The molecule has 1 aromatic carbocycles. The zero-order chi connectivity index (χ0) is 15.6. The van der Waals surface area contributed by atoms with Crippen LogP contribution in [0.4, 0.5) is 8.78 Å². The van der Waals surface area contributed by atoms with Gasteiger partial charge in [0, 0.05) is 17.5 Å². The van der Waals surface area contributed by atoms with E-state index >= 15 is 0 Å². The molecule has 0 spiro atoms. The summed E-state index contributed by atoms with van der Waals surface area (Å²) in [5.41, 5.74) is -1.84. The van der Waals surface area contributed by atoms with Gasteiger partial charge in [-0.25, -0.2) is 18.4 Å². The summed E-state index contributed by atoms with van der Waals surface area (Å²) in [5, 5.41) is 24.6. The summed E-state index contributed by atoms with van der Waals surface area (Å²) in [5.74, 6) is -2.31. The number of aliphatic hydroxyl groups is 2. The third-order valence-electron chi connectivity index (χ3n) is 3.74. The normalized spacial score (nSPS) is 17.2. The number of aliphatic hydroxyl groups excluding tert-OH is 1. The molecule has 0 saturated carbocycles. The molecule has 5 nitrogen and oxygen atoms in total. The van der Waals surface area contributed by atoms with Crippen molar-refractivity contribution < 1.29 is 19.0 Å². The van der Waals surface area contributed by atoms with Gasteiger partial charge in [0.25, 0.3) is 0 Å². The molecule has 3 unspecified atom stereocenters. The fourth-order valence-electron chi connectivity index (χ4n) is 2.28. The van der Waals surface area contributed by atoms with Gasteiger partial charge in [-0.1, -0.05) is 13.0 Å². The fourth-order valence-corrected chi connectivity index (χ4v) is 2.28. The van der Waals surface area contributed by atoms with Crippen LogP contribution in [0.1, 0.15) is 19.4 Å². The molecule has 0 aliphatic heterocycles. The molecule has 0 bridgehead atoms. The van der Waals surface area contributed by atoms with Gasteiger partial charge in [0.2, 0.25) is 0 Å². The minimum atomic E-state index is -1.75. The van der Waals surface area contributed by atoms with E-state index in [9.17, 15) is 19.0 Å². The van der Waals surface area contributed by atoms with Crippen molar-refractivity contribution >= 4 is 0 Å². The van der Waals surface area contributed by atoms with Crippen molar-refractivity contribution in [2.45, 2.75) is 32.1 Å². The Kier molecular flexibility index (Phi) is 4.34. The molecule has 2 aromatic rings. The Labute approximate surface area is 120 Å². The lowest BCUT2D eigenvalue weighted by atomic mass is 9.79. The molecular weight excluding hydrogens is 280 g/mol. The van der Waals surface area contributed by atoms with Gasteiger partial charge in [-0.15, -0.1) is 0 Å². The van der Waals surface area contributed by atoms with Crippen molar-refractivity contribution in [3.63, 3.8) is 0 Å². The van der Waals surface area contributed by atoms with Crippen molar-refractivity contribution in [1.82, 2.24) is 14.8 Å². The van der Waals surface area contributed by atoms with E-state index in [2.05, 4.69) is 10.1 Å². The lowest BCUT2D eigenvalue weighted by Crippen LogP contribution is -2.43. The fraction of sp³-hybridized carbons (Fsp3) is 0.429. The Morgan fingerprint density at radius 1 is 1.33 bits per heavy atom. The van der Waals surface area contributed by atoms with Crippen molar-refractivity contribution in [2.75, 3.05) is 0 Å². The minimum absolute atomic E-state index is 0.0900. The Morgan fingerprint density at radius 2 is 2.05 bits per heavy atom. The average Bonchev–Trinajstić information content (AvgIpc) is 2.89. The molecule has 3 atom stereocenters. The maximum absolute atomic E-state index is 14.1. The number of hydrogen-bond acceptors (Lipinski definition) is 4. The highest BCUT2D eigenvalue weighted by atomic mass is 19.1. The summed E-state index contributed by atoms with van der Waals surface area (Å²) in [6.45, 7) is 2.98. The highest BCUT2D eigenvalue weighted by molar-refractivity contribution is 5.26. The maximum Gasteiger partial charge on any atom is 0.137 e. The molecule has 0 aliphatic carbocycles. The Morgan fingerprint density at radius 3 is 2.57 bits per heavy atom. The molecule has 2 N–H and O–H groups in total. The number of halogens is 2. The van der Waals surface area contributed by atoms with Crippen molar-refractivity contribution in [3.05, 3.63) is 48.1 Å². The number of aromatic nitrogens is 3. The monoisotopic (exact) mass is 297 g/mol. The van der Waals surface area contributed by atoms with Crippen LogP contribution in [0.3, 0.4) is 0 Å². The quantitative estimate of drug-likeness (QED) is 0.876. The van der Waals surface area contributed by atoms with Crippen molar-refractivity contribution in [3.8, 4) is 0 Å². The third kappa shape index (κ3) is 3.08. The molecule has 114 valence electrons. The predicted octanol–water partition coefficient (Wildman–Crippen LogP) is 1.46. The standard InChI is InChI=1S/C14H17F2N3O2/c1-9(10(2)20)14(21,6-19-8-17-7-18-19)12-4-3-11(15)5-13(12)16/h3-5,7-10,20-21H,6H2,1-2H3. The minimum Gasteiger partial charge on any atom is -0.393 e. The first-order chi connectivity index (χ1) is 9.84. The van der Waals surface area contributed by atoms with Crippen LogP contribution in [-0.2, 0) is 12.1 Å². The SMILES string of the molecule is CC(O)C(C)C(O)(Cn1cncn1)c1ccc(F)cc1F. The molecule has 0 amide bonds. The number of nitrogens with zero attached hydrogens (tertiary/aromatic N) is 3. The predicted molar refractivity (Wildman–Crippen MR) is 71.1 cm³/mol. The largest absolute Gasteiger partial charge is 0.393 e. The van der Waals surface area contributed by atoms with Gasteiger partial charge in [0.15, 0.2) is 0 Å². The maximum atomic E-state index is 14.1. The second kappa shape index (κ2) is 5.87. The highest BCUT2D eigenvalue weighted by Gasteiger charge is 2.41. The topological polar surface area (TPSA) is 71.2 Å². The molecular formula is C14H17F2N3O2. The Hall–Kier alpha value is -1.86. The van der Waals surface area contributed by atoms with Gasteiger partial charge in [-0.2, -0.15) is 5.10 Å². The molecule has 0 aliphatic rings. The second-order valence-electron chi connectivity index (χ2n) is 5.17. The zero-order valence-electron chi connectivity index (χ0n) is 11.7. The van der Waals surface area contributed by atoms with Crippen LogP contribution >= 0.6 is 0 Å². The number of hydrogen-bond donors (Lipinski definition) is 2. The Balaban J connectivity index is 2.49. The lowest BCUT2D eigenvalue weighted by molar-refractivity contribution is -0.0800. The van der Waals surface area contributed by atoms with Gasteiger partial charge in [-0.3, -0.25) is 0 Å². The van der Waals surface area contributed by atoms with Crippen LogP contribution in [0, 0.1) is 17.6 Å². The van der Waals surface area contributed by atoms with E-state index in [4.69, 9.17) is 0 Å². The smallest absolute Gasteiger partial charge is 0.137 e. The van der Waals surface area contributed by atoms with E-state index in [1.165, 1.54) is 30.3 Å². The molecule has 2 rings (SSSR count).